The van der Waals surface area contributed by atoms with E-state index in [-0.39, 0.29) is 58.0 Å². The van der Waals surface area contributed by atoms with Gasteiger partial charge in [-0.25, -0.2) is 5.43 Å². The number of amides is 4. The topological polar surface area (TPSA) is 220 Å². The van der Waals surface area contributed by atoms with Crippen molar-refractivity contribution in [3.63, 3.8) is 0 Å². The second-order valence-electron chi connectivity index (χ2n) is 19.0. The van der Waals surface area contributed by atoms with E-state index in [4.69, 9.17) is 9.47 Å². The van der Waals surface area contributed by atoms with Crippen LogP contribution in [-0.2, 0) is 59.4 Å². The molecule has 1 unspecified atom stereocenters. The van der Waals surface area contributed by atoms with E-state index >= 15 is 0 Å². The van der Waals surface area contributed by atoms with E-state index in [9.17, 15) is 39.4 Å². The van der Waals surface area contributed by atoms with Crippen LogP contribution in [0.1, 0.15) is 63.8 Å². The largest absolute Gasteiger partial charge is 0.508 e. The fourth-order valence-electron chi connectivity index (χ4n) is 9.75. The highest BCUT2D eigenvalue weighted by Gasteiger charge is 2.48. The number of nitrogens with one attached hydrogen (secondary N) is 2. The lowest BCUT2D eigenvalue weighted by atomic mass is 9.84. The highest BCUT2D eigenvalue weighted by Crippen LogP contribution is 2.41. The number of likely N-dealkylation sites (N-methyl/N-ethyl adjacent to an activating group) is 1. The van der Waals surface area contributed by atoms with E-state index in [1.807, 2.05) is 54.8 Å². The van der Waals surface area contributed by atoms with Gasteiger partial charge < -0.3 is 39.4 Å². The quantitative estimate of drug-likeness (QED) is 0.131. The van der Waals surface area contributed by atoms with Gasteiger partial charge in [0.05, 0.1) is 37.2 Å². The van der Waals surface area contributed by atoms with Gasteiger partial charge >= 0.3 is 5.97 Å². The molecule has 3 aliphatic rings. The number of carbonyl (C=O) groups excluding carboxylic acids is 5. The van der Waals surface area contributed by atoms with Gasteiger partial charge in [0, 0.05) is 68.2 Å². The Hall–Kier alpha value is -6.61. The number of ether oxygens (including phenoxy) is 2. The summed E-state index contributed by atoms with van der Waals surface area (Å²) in [7, 11) is 3.01. The number of β-amino-alcohol motifs (C(OH)–C–C–N with tert-alkyl or cyclic N) is 1. The molecule has 67 heavy (non-hydrogen) atoms. The number of fused-ring (bicyclic) bond motifs is 6. The van der Waals surface area contributed by atoms with Gasteiger partial charge in [-0.2, -0.15) is 5.26 Å². The number of rotatable bonds is 10. The zero-order valence-electron chi connectivity index (χ0n) is 39.0. The Labute approximate surface area is 390 Å². The van der Waals surface area contributed by atoms with Gasteiger partial charge in [-0.15, -0.1) is 0 Å². The number of methoxy groups -OCH3 is 1. The summed E-state index contributed by atoms with van der Waals surface area (Å²) < 4.78 is 13.6. The molecule has 2 saturated heterocycles. The Morgan fingerprint density at radius 2 is 1.93 bits per heavy atom. The zero-order chi connectivity index (χ0) is 48.4. The molecule has 4 N–H and O–H groups in total. The maximum absolute atomic E-state index is 14.7. The van der Waals surface area contributed by atoms with Crippen LogP contribution in [-0.4, -0.2) is 128 Å². The number of hydrazine groups is 1. The summed E-state index contributed by atoms with van der Waals surface area (Å²) in [5.41, 5.74) is 6.30. The van der Waals surface area contributed by atoms with Gasteiger partial charge in [0.1, 0.15) is 30.4 Å². The second-order valence-corrected chi connectivity index (χ2v) is 19.0. The van der Waals surface area contributed by atoms with Gasteiger partial charge in [0.25, 0.3) is 11.8 Å². The molecule has 0 radical (unpaired) electrons. The fourth-order valence-corrected chi connectivity index (χ4v) is 9.75. The number of pyridine rings is 1. The first-order valence-corrected chi connectivity index (χ1v) is 22.6. The Kier molecular flexibility index (Phi) is 14.2. The highest BCUT2D eigenvalue weighted by atomic mass is 16.5. The zero-order valence-corrected chi connectivity index (χ0v) is 39.0. The van der Waals surface area contributed by atoms with Crippen LogP contribution in [0.5, 0.6) is 5.75 Å². The van der Waals surface area contributed by atoms with E-state index in [1.165, 1.54) is 27.9 Å². The van der Waals surface area contributed by atoms with Gasteiger partial charge in [-0.3, -0.25) is 34.0 Å². The lowest BCUT2D eigenvalue weighted by Gasteiger charge is -2.37. The first kappa shape index (κ1) is 48.3. The smallest absolute Gasteiger partial charge is 0.324 e. The molecule has 0 saturated carbocycles. The Bertz CT molecular complexity index is 2630. The average molecular weight is 917 g/mol. The third-order valence-corrected chi connectivity index (χ3v) is 13.0. The first-order valence-electron chi connectivity index (χ1n) is 22.6. The van der Waals surface area contributed by atoms with E-state index in [2.05, 4.69) is 28.4 Å². The number of hydrogen-bond donors (Lipinski definition) is 4. The molecular formula is C50H60N8O9. The average Bonchev–Trinajstić information content (AvgIpc) is 3.84. The van der Waals surface area contributed by atoms with Crippen molar-refractivity contribution in [1.82, 2.24) is 35.1 Å². The summed E-state index contributed by atoms with van der Waals surface area (Å²) >= 11 is 0. The van der Waals surface area contributed by atoms with Crippen molar-refractivity contribution < 1.29 is 43.7 Å². The third-order valence-electron chi connectivity index (χ3n) is 13.0. The van der Waals surface area contributed by atoms with Crippen LogP contribution in [0.2, 0.25) is 0 Å². The number of likely N-dealkylation sites (tertiary alicyclic amines) is 1. The number of benzene rings is 2. The van der Waals surface area contributed by atoms with Gasteiger partial charge in [-0.1, -0.05) is 46.4 Å². The molecular weight excluding hydrogens is 857 g/mol. The molecule has 17 heteroatoms. The van der Waals surface area contributed by atoms with Gasteiger partial charge in [0.15, 0.2) is 5.60 Å². The molecule has 17 nitrogen and oxygen atoms in total. The van der Waals surface area contributed by atoms with Crippen molar-refractivity contribution in [1.29, 1.82) is 5.26 Å². The Morgan fingerprint density at radius 1 is 1.15 bits per heavy atom. The number of nitriles is 1. The van der Waals surface area contributed by atoms with Crippen LogP contribution in [0.3, 0.4) is 0 Å². The summed E-state index contributed by atoms with van der Waals surface area (Å²) in [6.45, 7) is 11.3. The highest BCUT2D eigenvalue weighted by molar-refractivity contribution is 5.97. The third kappa shape index (κ3) is 10.1. The van der Waals surface area contributed by atoms with E-state index in [1.54, 1.807) is 33.2 Å². The minimum atomic E-state index is -1.94. The maximum Gasteiger partial charge on any atom is 0.324 e. The molecule has 2 aromatic carbocycles. The van der Waals surface area contributed by atoms with Crippen molar-refractivity contribution in [3.8, 4) is 34.2 Å². The summed E-state index contributed by atoms with van der Waals surface area (Å²) in [5, 5.41) is 38.0. The number of aromatic hydroxyl groups is 1. The van der Waals surface area contributed by atoms with Crippen LogP contribution >= 0.6 is 0 Å². The summed E-state index contributed by atoms with van der Waals surface area (Å²) in [5.74, 6) is -3.52. The first-order chi connectivity index (χ1) is 31.9. The number of hydrogen-bond acceptors (Lipinski definition) is 12. The number of phenols is 1. The predicted molar refractivity (Wildman–Crippen MR) is 248 cm³/mol. The van der Waals surface area contributed by atoms with Crippen molar-refractivity contribution >= 4 is 40.5 Å². The molecule has 4 amide bonds. The number of cyclic esters (lactones) is 1. The van der Waals surface area contributed by atoms with Crippen LogP contribution in [0, 0.1) is 22.7 Å². The molecule has 2 aromatic heterocycles. The Morgan fingerprint density at radius 3 is 2.64 bits per heavy atom. The number of phenolic OH excluding ortho intramolecular Hbond substituents is 1. The SMILES string of the molecule is C=CC(=O)N1CCC(O)(C(=O)N(C)[C@H](C(=O)N[C@H]2Cc3cc(O)cc(c3)-c3ccc4c(c3)c(c(-c3cccnc3COC)n4CC#N)CC(C)(C)COC(=O)[C@@H]3CCCN(N3)C2=O)C(C)C)C1. The van der Waals surface area contributed by atoms with E-state index < -0.39 is 64.7 Å². The van der Waals surface area contributed by atoms with E-state index in [0.717, 1.165) is 39.4 Å². The van der Waals surface area contributed by atoms with Crippen molar-refractivity contribution in [3.05, 3.63) is 84.2 Å². The summed E-state index contributed by atoms with van der Waals surface area (Å²) in [4.78, 5) is 76.5. The predicted octanol–water partition coefficient (Wildman–Crippen LogP) is 4.03. The van der Waals surface area contributed by atoms with Crippen molar-refractivity contribution in [2.24, 2.45) is 11.3 Å². The van der Waals surface area contributed by atoms with Gasteiger partial charge in [0.2, 0.25) is 11.8 Å². The standard InChI is InChI=1S/C50H60N8O9/c1-8-42(60)56-19-15-50(65,28-56)48(64)55(6)43(30(2)3)45(61)53-39-23-31-21-33(24-34(59)22-31)32-13-14-41-36(25-32)37(44(57(41)20-16-51)35-11-9-17-52-40(35)27-66-7)26-49(4,5)29-67-47(63)38-12-10-18-58(54-38)46(39)62/h8-9,11,13-14,17,21-22,24-25,30,38-39,43,54,59,65H,1,10,12,15,18-20,23,26-29H2,2-7H3,(H,53,61)/t38-,39-,43-,50?/m0/s1. The summed E-state index contributed by atoms with van der Waals surface area (Å²) in [6, 6.07) is 13.7. The van der Waals surface area contributed by atoms with Gasteiger partial charge in [-0.05, 0) is 89.9 Å². The molecule has 2 fully saturated rings. The fraction of sp³-hybridized carbons (Fsp3) is 0.460. The molecule has 7 rings (SSSR count). The summed E-state index contributed by atoms with van der Waals surface area (Å²) in [6.07, 6.45) is 3.93. The van der Waals surface area contributed by atoms with Crippen molar-refractivity contribution in [2.75, 3.05) is 40.4 Å². The minimum Gasteiger partial charge on any atom is -0.508 e. The Balaban J connectivity index is 1.32. The van der Waals surface area contributed by atoms with Crippen LogP contribution in [0.15, 0.2) is 67.4 Å². The minimum absolute atomic E-state index is 0.0229. The van der Waals surface area contributed by atoms with E-state index in [0.29, 0.717) is 36.1 Å². The number of nitrogens with zero attached hydrogens (tertiary/aromatic N) is 6. The number of esters is 1. The monoisotopic (exact) mass is 916 g/mol. The molecule has 0 spiro atoms. The lowest BCUT2D eigenvalue weighted by Crippen LogP contribution is -2.63. The number of aromatic nitrogens is 2. The van der Waals surface area contributed by atoms with Crippen LogP contribution in [0.25, 0.3) is 33.3 Å². The molecule has 5 heterocycles. The lowest BCUT2D eigenvalue weighted by molar-refractivity contribution is -0.156. The van der Waals surface area contributed by atoms with Crippen molar-refractivity contribution in [2.45, 2.75) is 96.7 Å². The van der Waals surface area contributed by atoms with Crippen LogP contribution in [0.4, 0.5) is 0 Å². The molecule has 4 aromatic rings. The molecule has 354 valence electrons. The normalized spacial score (nSPS) is 21.3. The molecule has 4 atom stereocenters. The molecule has 3 aliphatic heterocycles. The second kappa shape index (κ2) is 19.7. The molecule has 0 aliphatic carbocycles. The number of aliphatic hydroxyl groups is 1. The molecule has 6 bridgehead atoms. The number of carbonyl (C=O) groups is 5. The maximum atomic E-state index is 14.7. The van der Waals surface area contributed by atoms with Crippen LogP contribution < -0.4 is 10.7 Å².